The second kappa shape index (κ2) is 7.39. The highest BCUT2D eigenvalue weighted by atomic mass is 35.5. The Hall–Kier alpha value is -1.81. The number of likely N-dealkylation sites (tertiary alicyclic amines) is 1. The second-order valence-electron chi connectivity index (χ2n) is 6.54. The fourth-order valence-electron chi connectivity index (χ4n) is 3.44. The quantitative estimate of drug-likeness (QED) is 0.838. The third kappa shape index (κ3) is 3.64. The topological polar surface area (TPSA) is 38.1 Å². The predicted molar refractivity (Wildman–Crippen MR) is 96.5 cm³/mol. The second-order valence-corrected chi connectivity index (χ2v) is 6.97. The fourth-order valence-corrected chi connectivity index (χ4v) is 3.56. The van der Waals surface area contributed by atoms with Gasteiger partial charge >= 0.3 is 0 Å². The average molecular weight is 346 g/mol. The summed E-state index contributed by atoms with van der Waals surface area (Å²) in [6.45, 7) is 3.70. The van der Waals surface area contributed by atoms with Crippen LogP contribution in [0.4, 0.5) is 0 Å². The van der Waals surface area contributed by atoms with E-state index in [0.29, 0.717) is 11.6 Å². The van der Waals surface area contributed by atoms with E-state index in [4.69, 9.17) is 11.6 Å². The summed E-state index contributed by atoms with van der Waals surface area (Å²) in [5, 5.41) is 5.21. The molecule has 0 spiro atoms. The highest BCUT2D eigenvalue weighted by Gasteiger charge is 2.27. The van der Waals surface area contributed by atoms with E-state index in [0.717, 1.165) is 49.5 Å². The molecule has 1 saturated heterocycles. The molecule has 1 aromatic carbocycles. The summed E-state index contributed by atoms with van der Waals surface area (Å²) in [6.07, 6.45) is 4.08. The minimum atomic E-state index is 0.0889. The van der Waals surface area contributed by atoms with Gasteiger partial charge in [-0.3, -0.25) is 9.48 Å². The summed E-state index contributed by atoms with van der Waals surface area (Å²) in [7, 11) is 1.85. The Labute approximate surface area is 148 Å². The Balaban J connectivity index is 1.74. The Morgan fingerprint density at radius 1 is 1.33 bits per heavy atom. The lowest BCUT2D eigenvalue weighted by molar-refractivity contribution is 0.0696. The van der Waals surface area contributed by atoms with Crippen molar-refractivity contribution < 1.29 is 4.79 Å². The predicted octanol–water partition coefficient (Wildman–Crippen LogP) is 4.05. The van der Waals surface area contributed by atoms with Gasteiger partial charge in [0.15, 0.2) is 0 Å². The molecule has 0 unspecified atom stereocenters. The molecule has 1 aromatic heterocycles. The minimum absolute atomic E-state index is 0.0889. The number of nitrogens with zero attached hydrogens (tertiary/aromatic N) is 3. The number of halogens is 1. The number of aromatic nitrogens is 2. The van der Waals surface area contributed by atoms with Gasteiger partial charge in [0, 0.05) is 31.1 Å². The zero-order chi connectivity index (χ0) is 17.1. The van der Waals surface area contributed by atoms with Crippen molar-refractivity contribution in [3.8, 4) is 0 Å². The van der Waals surface area contributed by atoms with Gasteiger partial charge in [-0.2, -0.15) is 5.10 Å². The molecule has 2 aromatic rings. The van der Waals surface area contributed by atoms with E-state index in [1.807, 2.05) is 30.1 Å². The maximum Gasteiger partial charge on any atom is 0.272 e. The molecule has 0 saturated carbocycles. The molecule has 24 heavy (non-hydrogen) atoms. The van der Waals surface area contributed by atoms with Crippen molar-refractivity contribution in [3.05, 3.63) is 52.3 Å². The molecule has 1 aliphatic rings. The number of rotatable bonds is 4. The number of carbonyl (C=O) groups is 1. The van der Waals surface area contributed by atoms with Crippen molar-refractivity contribution in [1.29, 1.82) is 0 Å². The third-order valence-electron chi connectivity index (χ3n) is 4.71. The molecule has 2 heterocycles. The van der Waals surface area contributed by atoms with Crippen molar-refractivity contribution in [1.82, 2.24) is 14.7 Å². The molecule has 0 aliphatic carbocycles. The van der Waals surface area contributed by atoms with Gasteiger partial charge in [-0.05, 0) is 43.0 Å². The highest BCUT2D eigenvalue weighted by Crippen LogP contribution is 2.28. The van der Waals surface area contributed by atoms with Gasteiger partial charge in [-0.15, -0.1) is 0 Å². The van der Waals surface area contributed by atoms with E-state index in [1.165, 1.54) is 5.56 Å². The molecule has 1 aliphatic heterocycles. The Kier molecular flexibility index (Phi) is 5.24. The summed E-state index contributed by atoms with van der Waals surface area (Å²) in [5.41, 5.74) is 2.94. The van der Waals surface area contributed by atoms with Crippen LogP contribution in [0.5, 0.6) is 0 Å². The van der Waals surface area contributed by atoms with Gasteiger partial charge < -0.3 is 4.90 Å². The molecule has 128 valence electrons. The van der Waals surface area contributed by atoms with Crippen LogP contribution in [0.1, 0.15) is 53.8 Å². The molecule has 0 bridgehead atoms. The first kappa shape index (κ1) is 17.0. The van der Waals surface area contributed by atoms with Crippen LogP contribution in [-0.2, 0) is 13.5 Å². The van der Waals surface area contributed by atoms with E-state index in [2.05, 4.69) is 24.2 Å². The molecular formula is C19H24ClN3O. The zero-order valence-corrected chi connectivity index (χ0v) is 15.1. The van der Waals surface area contributed by atoms with Crippen LogP contribution in [0.25, 0.3) is 0 Å². The number of aryl methyl sites for hydroxylation is 2. The lowest BCUT2D eigenvalue weighted by atomic mass is 9.90. The van der Waals surface area contributed by atoms with E-state index >= 15 is 0 Å². The largest absolute Gasteiger partial charge is 0.337 e. The molecule has 0 N–H and O–H groups in total. The molecule has 1 amide bonds. The van der Waals surface area contributed by atoms with Gasteiger partial charge in [0.2, 0.25) is 0 Å². The van der Waals surface area contributed by atoms with Gasteiger partial charge in [-0.25, -0.2) is 0 Å². The van der Waals surface area contributed by atoms with Gasteiger partial charge in [0.1, 0.15) is 5.69 Å². The molecular weight excluding hydrogens is 322 g/mol. The summed E-state index contributed by atoms with van der Waals surface area (Å²) < 4.78 is 1.72. The summed E-state index contributed by atoms with van der Waals surface area (Å²) >= 11 is 5.98. The summed E-state index contributed by atoms with van der Waals surface area (Å²) in [6, 6.07) is 9.94. The first-order chi connectivity index (χ1) is 11.6. The molecule has 0 radical (unpaired) electrons. The van der Waals surface area contributed by atoms with E-state index in [1.54, 1.807) is 4.68 Å². The number of amides is 1. The smallest absolute Gasteiger partial charge is 0.272 e. The number of hydrogen-bond donors (Lipinski definition) is 0. The van der Waals surface area contributed by atoms with Crippen LogP contribution in [0.2, 0.25) is 5.02 Å². The number of benzene rings is 1. The summed E-state index contributed by atoms with van der Waals surface area (Å²) in [4.78, 5) is 14.9. The fraction of sp³-hybridized carbons (Fsp3) is 0.474. The van der Waals surface area contributed by atoms with Crippen molar-refractivity contribution in [2.24, 2.45) is 7.05 Å². The van der Waals surface area contributed by atoms with E-state index < -0.39 is 0 Å². The molecule has 3 rings (SSSR count). The van der Waals surface area contributed by atoms with E-state index in [-0.39, 0.29) is 5.91 Å². The first-order valence-corrected chi connectivity index (χ1v) is 9.04. The van der Waals surface area contributed by atoms with Crippen molar-refractivity contribution in [2.45, 2.75) is 38.5 Å². The lowest BCUT2D eigenvalue weighted by Gasteiger charge is -2.33. The number of carbonyl (C=O) groups excluding carboxylic acids is 1. The maximum absolute atomic E-state index is 12.9. The monoisotopic (exact) mass is 345 g/mol. The Morgan fingerprint density at radius 2 is 2.08 bits per heavy atom. The highest BCUT2D eigenvalue weighted by molar-refractivity contribution is 6.30. The van der Waals surface area contributed by atoms with Crippen molar-refractivity contribution >= 4 is 17.5 Å². The first-order valence-electron chi connectivity index (χ1n) is 8.66. The number of piperidine rings is 1. The van der Waals surface area contributed by atoms with Crippen LogP contribution in [0.3, 0.4) is 0 Å². The molecule has 5 heteroatoms. The molecule has 1 atom stereocenters. The van der Waals surface area contributed by atoms with E-state index in [9.17, 15) is 4.79 Å². The van der Waals surface area contributed by atoms with Crippen LogP contribution < -0.4 is 0 Å². The average Bonchev–Trinajstić information content (AvgIpc) is 2.96. The van der Waals surface area contributed by atoms with Crippen LogP contribution in [0.15, 0.2) is 30.3 Å². The SMILES string of the molecule is CCCc1cc(C(=O)N2CCC[C@@H](c3ccc(Cl)cc3)C2)n(C)n1. The normalized spacial score (nSPS) is 18.0. The maximum atomic E-state index is 12.9. The lowest BCUT2D eigenvalue weighted by Crippen LogP contribution is -2.39. The van der Waals surface area contributed by atoms with Crippen molar-refractivity contribution in [3.63, 3.8) is 0 Å². The Morgan fingerprint density at radius 3 is 2.79 bits per heavy atom. The van der Waals surface area contributed by atoms with Gasteiger partial charge in [0.25, 0.3) is 5.91 Å². The standard InChI is InChI=1S/C19H24ClN3O/c1-3-5-17-12-18(22(2)21-17)19(24)23-11-4-6-15(13-23)14-7-9-16(20)10-8-14/h7-10,12,15H,3-6,11,13H2,1-2H3/t15-/m1/s1. The van der Waals surface area contributed by atoms with Gasteiger partial charge in [-0.1, -0.05) is 37.1 Å². The third-order valence-corrected chi connectivity index (χ3v) is 4.96. The number of hydrogen-bond acceptors (Lipinski definition) is 2. The van der Waals surface area contributed by atoms with Crippen LogP contribution in [0, 0.1) is 0 Å². The van der Waals surface area contributed by atoms with Crippen LogP contribution >= 0.6 is 11.6 Å². The zero-order valence-electron chi connectivity index (χ0n) is 14.3. The van der Waals surface area contributed by atoms with Crippen LogP contribution in [-0.4, -0.2) is 33.7 Å². The summed E-state index contributed by atoms with van der Waals surface area (Å²) in [5.74, 6) is 0.467. The molecule has 4 nitrogen and oxygen atoms in total. The Bertz CT molecular complexity index is 708. The van der Waals surface area contributed by atoms with Gasteiger partial charge in [0.05, 0.1) is 5.69 Å². The molecule has 1 fully saturated rings. The van der Waals surface area contributed by atoms with Crippen molar-refractivity contribution in [2.75, 3.05) is 13.1 Å². The minimum Gasteiger partial charge on any atom is -0.337 e.